The average Bonchev–Trinajstić information content (AvgIpc) is 2.49. The van der Waals surface area contributed by atoms with Gasteiger partial charge in [-0.2, -0.15) is 0 Å². The minimum atomic E-state index is 0.0311. The highest BCUT2D eigenvalue weighted by Gasteiger charge is 2.25. The SMILES string of the molecule is O=C(CC1CCCCC1)NC1CCOc2ccc(Cl)cc21. The molecule has 1 aromatic carbocycles. The molecular weight excluding hydrogens is 286 g/mol. The summed E-state index contributed by atoms with van der Waals surface area (Å²) in [5.41, 5.74) is 1.01. The maximum Gasteiger partial charge on any atom is 0.220 e. The van der Waals surface area contributed by atoms with E-state index in [4.69, 9.17) is 16.3 Å². The van der Waals surface area contributed by atoms with E-state index in [0.717, 1.165) is 17.7 Å². The molecule has 1 aliphatic carbocycles. The summed E-state index contributed by atoms with van der Waals surface area (Å²) in [5.74, 6) is 1.57. The Morgan fingerprint density at radius 3 is 2.86 bits per heavy atom. The fourth-order valence-corrected chi connectivity index (χ4v) is 3.60. The maximum atomic E-state index is 12.3. The predicted octanol–water partition coefficient (Wildman–Crippen LogP) is 4.25. The van der Waals surface area contributed by atoms with Gasteiger partial charge in [-0.3, -0.25) is 4.79 Å². The number of hydrogen-bond donors (Lipinski definition) is 1. The molecule has 0 aromatic heterocycles. The molecule has 3 nitrogen and oxygen atoms in total. The second-order valence-corrected chi connectivity index (χ2v) is 6.58. The predicted molar refractivity (Wildman–Crippen MR) is 83.6 cm³/mol. The molecule has 1 N–H and O–H groups in total. The lowest BCUT2D eigenvalue weighted by molar-refractivity contribution is -0.123. The first-order valence-electron chi connectivity index (χ1n) is 7.94. The van der Waals surface area contributed by atoms with Crippen molar-refractivity contribution in [2.24, 2.45) is 5.92 Å². The van der Waals surface area contributed by atoms with Gasteiger partial charge in [0.1, 0.15) is 5.75 Å². The maximum absolute atomic E-state index is 12.3. The van der Waals surface area contributed by atoms with Gasteiger partial charge in [0.05, 0.1) is 12.6 Å². The molecule has 1 heterocycles. The second-order valence-electron chi connectivity index (χ2n) is 6.15. The van der Waals surface area contributed by atoms with Crippen LogP contribution in [0.2, 0.25) is 5.02 Å². The number of ether oxygens (including phenoxy) is 1. The van der Waals surface area contributed by atoms with Crippen LogP contribution in [0, 0.1) is 5.92 Å². The largest absolute Gasteiger partial charge is 0.493 e. The Morgan fingerprint density at radius 1 is 1.24 bits per heavy atom. The lowest BCUT2D eigenvalue weighted by Gasteiger charge is -2.28. The molecule has 1 aliphatic heterocycles. The standard InChI is InChI=1S/C17H22ClNO2/c18-13-6-7-16-14(11-13)15(8-9-21-16)19-17(20)10-12-4-2-1-3-5-12/h6-7,11-12,15H,1-5,8-10H2,(H,19,20). The van der Waals surface area contributed by atoms with E-state index in [-0.39, 0.29) is 11.9 Å². The third-order valence-electron chi connectivity index (χ3n) is 4.55. The van der Waals surface area contributed by atoms with Gasteiger partial charge in [0.15, 0.2) is 0 Å². The van der Waals surface area contributed by atoms with Crippen LogP contribution >= 0.6 is 11.6 Å². The molecular formula is C17H22ClNO2. The Hall–Kier alpha value is -1.22. The molecule has 0 saturated heterocycles. The normalized spacial score (nSPS) is 22.2. The van der Waals surface area contributed by atoms with Crippen LogP contribution in [0.1, 0.15) is 56.6 Å². The Bertz CT molecular complexity index is 512. The molecule has 1 atom stereocenters. The third-order valence-corrected chi connectivity index (χ3v) is 4.78. The molecule has 0 radical (unpaired) electrons. The minimum absolute atomic E-state index is 0.0311. The first kappa shape index (κ1) is 14.7. The molecule has 1 amide bonds. The van der Waals surface area contributed by atoms with Crippen molar-refractivity contribution in [2.45, 2.75) is 51.0 Å². The van der Waals surface area contributed by atoms with E-state index in [9.17, 15) is 4.79 Å². The van der Waals surface area contributed by atoms with Gasteiger partial charge in [-0.15, -0.1) is 0 Å². The van der Waals surface area contributed by atoms with Gasteiger partial charge in [0.25, 0.3) is 0 Å². The molecule has 1 unspecified atom stereocenters. The Labute approximate surface area is 131 Å². The van der Waals surface area contributed by atoms with Crippen molar-refractivity contribution in [1.29, 1.82) is 0 Å². The van der Waals surface area contributed by atoms with Gasteiger partial charge >= 0.3 is 0 Å². The van der Waals surface area contributed by atoms with Gasteiger partial charge in [-0.25, -0.2) is 0 Å². The van der Waals surface area contributed by atoms with Crippen molar-refractivity contribution < 1.29 is 9.53 Å². The molecule has 0 bridgehead atoms. The van der Waals surface area contributed by atoms with E-state index < -0.39 is 0 Å². The average molecular weight is 308 g/mol. The number of fused-ring (bicyclic) bond motifs is 1. The zero-order valence-electron chi connectivity index (χ0n) is 12.2. The Kier molecular flexibility index (Phi) is 4.69. The van der Waals surface area contributed by atoms with E-state index in [1.54, 1.807) is 0 Å². The third kappa shape index (κ3) is 3.70. The van der Waals surface area contributed by atoms with Crippen LogP contribution in [-0.2, 0) is 4.79 Å². The van der Waals surface area contributed by atoms with E-state index >= 15 is 0 Å². The lowest BCUT2D eigenvalue weighted by Crippen LogP contribution is -2.33. The fourth-order valence-electron chi connectivity index (χ4n) is 3.42. The van der Waals surface area contributed by atoms with Crippen molar-refractivity contribution in [1.82, 2.24) is 5.32 Å². The van der Waals surface area contributed by atoms with Gasteiger partial charge < -0.3 is 10.1 Å². The van der Waals surface area contributed by atoms with Crippen molar-refractivity contribution in [2.75, 3.05) is 6.61 Å². The van der Waals surface area contributed by atoms with Crippen molar-refractivity contribution in [3.63, 3.8) is 0 Å². The van der Waals surface area contributed by atoms with E-state index in [2.05, 4.69) is 5.32 Å². The number of carbonyl (C=O) groups is 1. The van der Waals surface area contributed by atoms with Crippen LogP contribution in [-0.4, -0.2) is 12.5 Å². The Morgan fingerprint density at radius 2 is 2.05 bits per heavy atom. The second kappa shape index (κ2) is 6.69. The summed E-state index contributed by atoms with van der Waals surface area (Å²) in [7, 11) is 0. The number of nitrogens with one attached hydrogen (secondary N) is 1. The van der Waals surface area contributed by atoms with E-state index in [1.165, 1.54) is 32.1 Å². The van der Waals surface area contributed by atoms with Crippen LogP contribution in [0.25, 0.3) is 0 Å². The molecule has 1 fully saturated rings. The molecule has 3 rings (SSSR count). The zero-order valence-corrected chi connectivity index (χ0v) is 13.0. The van der Waals surface area contributed by atoms with E-state index in [0.29, 0.717) is 24.0 Å². The highest BCUT2D eigenvalue weighted by Crippen LogP contribution is 2.34. The van der Waals surface area contributed by atoms with Crippen LogP contribution < -0.4 is 10.1 Å². The summed E-state index contributed by atoms with van der Waals surface area (Å²) in [5, 5.41) is 3.86. The van der Waals surface area contributed by atoms with Crippen LogP contribution in [0.4, 0.5) is 0 Å². The van der Waals surface area contributed by atoms with Crippen molar-refractivity contribution >= 4 is 17.5 Å². The summed E-state index contributed by atoms with van der Waals surface area (Å²) in [6, 6.07) is 5.65. The number of hydrogen-bond acceptors (Lipinski definition) is 2. The number of halogens is 1. The van der Waals surface area contributed by atoms with Gasteiger partial charge in [0.2, 0.25) is 5.91 Å². The summed E-state index contributed by atoms with van der Waals surface area (Å²) >= 11 is 6.07. The molecule has 2 aliphatic rings. The van der Waals surface area contributed by atoms with Crippen LogP contribution in [0.5, 0.6) is 5.75 Å². The summed E-state index contributed by atoms with van der Waals surface area (Å²) in [6.07, 6.45) is 7.73. The van der Waals surface area contributed by atoms with Crippen molar-refractivity contribution in [3.8, 4) is 5.75 Å². The molecule has 21 heavy (non-hydrogen) atoms. The molecule has 1 saturated carbocycles. The molecule has 1 aromatic rings. The van der Waals surface area contributed by atoms with E-state index in [1.807, 2.05) is 18.2 Å². The van der Waals surface area contributed by atoms with Gasteiger partial charge in [0, 0.05) is 23.4 Å². The summed E-state index contributed by atoms with van der Waals surface area (Å²) in [6.45, 7) is 0.642. The van der Waals surface area contributed by atoms with Gasteiger partial charge in [-0.1, -0.05) is 30.9 Å². The van der Waals surface area contributed by atoms with Crippen LogP contribution in [0.3, 0.4) is 0 Å². The first-order chi connectivity index (χ1) is 10.2. The highest BCUT2D eigenvalue weighted by atomic mass is 35.5. The number of rotatable bonds is 3. The Balaban J connectivity index is 1.63. The lowest BCUT2D eigenvalue weighted by atomic mass is 9.86. The minimum Gasteiger partial charge on any atom is -0.493 e. The smallest absolute Gasteiger partial charge is 0.220 e. The number of carbonyl (C=O) groups excluding carboxylic acids is 1. The molecule has 114 valence electrons. The molecule has 0 spiro atoms. The van der Waals surface area contributed by atoms with Crippen LogP contribution in [0.15, 0.2) is 18.2 Å². The first-order valence-corrected chi connectivity index (χ1v) is 8.32. The zero-order chi connectivity index (χ0) is 14.7. The van der Waals surface area contributed by atoms with Gasteiger partial charge in [-0.05, 0) is 37.0 Å². The highest BCUT2D eigenvalue weighted by molar-refractivity contribution is 6.30. The molecule has 4 heteroatoms. The number of benzene rings is 1. The van der Waals surface area contributed by atoms with Crippen molar-refractivity contribution in [3.05, 3.63) is 28.8 Å². The fraction of sp³-hybridized carbons (Fsp3) is 0.588. The quantitative estimate of drug-likeness (QED) is 0.906. The monoisotopic (exact) mass is 307 g/mol. The topological polar surface area (TPSA) is 38.3 Å². The number of amides is 1. The summed E-state index contributed by atoms with van der Waals surface area (Å²) < 4.78 is 5.63. The summed E-state index contributed by atoms with van der Waals surface area (Å²) in [4.78, 5) is 12.3.